The minimum Gasteiger partial charge on any atom is -0.480 e. The summed E-state index contributed by atoms with van der Waals surface area (Å²) in [6.45, 7) is -0.162. The van der Waals surface area contributed by atoms with E-state index in [9.17, 15) is 19.1 Å². The number of hydrogen-bond donors (Lipinski definition) is 2. The molecule has 1 atom stereocenters. The van der Waals surface area contributed by atoms with Crippen LogP contribution < -0.4 is 5.32 Å². The number of rotatable bonds is 7. The molecule has 0 spiro atoms. The van der Waals surface area contributed by atoms with Crippen molar-refractivity contribution in [3.63, 3.8) is 0 Å². The number of carbonyl (C=O) groups excluding carboxylic acids is 1. The van der Waals surface area contributed by atoms with Crippen molar-refractivity contribution in [3.8, 4) is 0 Å². The van der Waals surface area contributed by atoms with Gasteiger partial charge in [-0.15, -0.1) is 0 Å². The molecule has 35 heavy (non-hydrogen) atoms. The highest BCUT2D eigenvalue weighted by atomic mass is 19.1. The zero-order valence-electron chi connectivity index (χ0n) is 19.3. The van der Waals surface area contributed by atoms with E-state index in [0.717, 1.165) is 33.3 Å². The van der Waals surface area contributed by atoms with E-state index >= 15 is 0 Å². The Labute approximate surface area is 203 Å². The van der Waals surface area contributed by atoms with Gasteiger partial charge in [-0.1, -0.05) is 60.7 Å². The zero-order valence-corrected chi connectivity index (χ0v) is 19.3. The lowest BCUT2D eigenvalue weighted by Crippen LogP contribution is -2.39. The monoisotopic (exact) mass is 470 g/mol. The molecule has 6 heteroatoms. The van der Waals surface area contributed by atoms with Gasteiger partial charge in [-0.2, -0.15) is 0 Å². The zero-order chi connectivity index (χ0) is 24.4. The quantitative estimate of drug-likeness (QED) is 0.397. The average molecular weight is 471 g/mol. The second kappa shape index (κ2) is 9.74. The van der Waals surface area contributed by atoms with E-state index in [0.29, 0.717) is 25.7 Å². The highest BCUT2D eigenvalue weighted by Crippen LogP contribution is 2.33. The second-order valence-electron chi connectivity index (χ2n) is 9.15. The van der Waals surface area contributed by atoms with Crippen molar-refractivity contribution in [1.29, 1.82) is 0 Å². The van der Waals surface area contributed by atoms with Crippen LogP contribution in [0.25, 0.3) is 10.9 Å². The first-order chi connectivity index (χ1) is 17.0. The SMILES string of the molecule is O=C(O)Cn1c2c(c3cc(F)ccc31)CC(NC(=O)CC(c1ccccc1)c1ccccc1)CC2. The highest BCUT2D eigenvalue weighted by Gasteiger charge is 2.28. The molecule has 1 amide bonds. The normalized spacial score (nSPS) is 15.2. The summed E-state index contributed by atoms with van der Waals surface area (Å²) in [5.74, 6) is -1.37. The van der Waals surface area contributed by atoms with E-state index in [4.69, 9.17) is 0 Å². The summed E-state index contributed by atoms with van der Waals surface area (Å²) in [4.78, 5) is 24.7. The van der Waals surface area contributed by atoms with Crippen LogP contribution in [-0.4, -0.2) is 27.6 Å². The molecule has 0 aliphatic heterocycles. The molecule has 0 radical (unpaired) electrons. The molecule has 1 unspecified atom stereocenters. The van der Waals surface area contributed by atoms with Gasteiger partial charge in [0.15, 0.2) is 0 Å². The highest BCUT2D eigenvalue weighted by molar-refractivity contribution is 5.87. The fourth-order valence-corrected chi connectivity index (χ4v) is 5.33. The van der Waals surface area contributed by atoms with Gasteiger partial charge < -0.3 is 15.0 Å². The van der Waals surface area contributed by atoms with Crippen LogP contribution in [0.4, 0.5) is 4.39 Å². The Morgan fingerprint density at radius 3 is 2.29 bits per heavy atom. The third-order valence-electron chi connectivity index (χ3n) is 6.88. The minimum absolute atomic E-state index is 0.0309. The molecule has 3 aromatic carbocycles. The van der Waals surface area contributed by atoms with Gasteiger partial charge in [0.25, 0.3) is 0 Å². The van der Waals surface area contributed by atoms with Crippen molar-refractivity contribution >= 4 is 22.8 Å². The molecule has 1 aromatic heterocycles. The number of carboxylic acid groups (broad SMARTS) is 1. The molecule has 1 heterocycles. The molecule has 0 fully saturated rings. The van der Waals surface area contributed by atoms with Gasteiger partial charge in [0, 0.05) is 35.0 Å². The van der Waals surface area contributed by atoms with E-state index in [2.05, 4.69) is 5.32 Å². The van der Waals surface area contributed by atoms with Crippen LogP contribution in [0, 0.1) is 5.82 Å². The maximum atomic E-state index is 14.1. The lowest BCUT2D eigenvalue weighted by Gasteiger charge is -2.26. The van der Waals surface area contributed by atoms with Gasteiger partial charge in [-0.25, -0.2) is 4.39 Å². The van der Waals surface area contributed by atoms with Crippen LogP contribution in [-0.2, 0) is 29.0 Å². The molecule has 178 valence electrons. The smallest absolute Gasteiger partial charge is 0.323 e. The van der Waals surface area contributed by atoms with Crippen LogP contribution in [0.15, 0.2) is 78.9 Å². The summed E-state index contributed by atoms with van der Waals surface area (Å²) in [5.41, 5.74) is 4.75. The number of nitrogens with zero attached hydrogens (tertiary/aromatic N) is 1. The summed E-state index contributed by atoms with van der Waals surface area (Å²) in [7, 11) is 0. The Morgan fingerprint density at radius 2 is 1.66 bits per heavy atom. The predicted molar refractivity (Wildman–Crippen MR) is 133 cm³/mol. The summed E-state index contributed by atoms with van der Waals surface area (Å²) >= 11 is 0. The van der Waals surface area contributed by atoms with Gasteiger partial charge in [0.2, 0.25) is 5.91 Å². The second-order valence-corrected chi connectivity index (χ2v) is 9.15. The van der Waals surface area contributed by atoms with Crippen molar-refractivity contribution in [2.24, 2.45) is 0 Å². The molecule has 0 bridgehead atoms. The maximum absolute atomic E-state index is 14.1. The average Bonchev–Trinajstić information content (AvgIpc) is 3.15. The molecule has 0 saturated heterocycles. The van der Waals surface area contributed by atoms with Gasteiger partial charge in [-0.3, -0.25) is 9.59 Å². The third kappa shape index (κ3) is 4.83. The molecular formula is C29H27FN2O3. The number of aromatic nitrogens is 1. The first kappa shape index (κ1) is 22.8. The van der Waals surface area contributed by atoms with Crippen molar-refractivity contribution in [1.82, 2.24) is 9.88 Å². The van der Waals surface area contributed by atoms with E-state index < -0.39 is 5.97 Å². The Balaban J connectivity index is 1.37. The molecule has 0 saturated carbocycles. The maximum Gasteiger partial charge on any atom is 0.323 e. The number of amides is 1. The van der Waals surface area contributed by atoms with Crippen LogP contribution in [0.1, 0.15) is 41.1 Å². The fraction of sp³-hybridized carbons (Fsp3) is 0.241. The van der Waals surface area contributed by atoms with Crippen LogP contribution in [0.5, 0.6) is 0 Å². The number of fused-ring (bicyclic) bond motifs is 3. The number of carboxylic acids is 1. The first-order valence-electron chi connectivity index (χ1n) is 11.9. The summed E-state index contributed by atoms with van der Waals surface area (Å²) in [6, 6.07) is 24.4. The van der Waals surface area contributed by atoms with Gasteiger partial charge in [-0.05, 0) is 54.2 Å². The van der Waals surface area contributed by atoms with Crippen LogP contribution in [0.2, 0.25) is 0 Å². The van der Waals surface area contributed by atoms with E-state index in [1.807, 2.05) is 60.7 Å². The van der Waals surface area contributed by atoms with Crippen molar-refractivity contribution in [2.75, 3.05) is 0 Å². The molecule has 4 aromatic rings. The largest absolute Gasteiger partial charge is 0.480 e. The fourth-order valence-electron chi connectivity index (χ4n) is 5.33. The van der Waals surface area contributed by atoms with Crippen LogP contribution in [0.3, 0.4) is 0 Å². The van der Waals surface area contributed by atoms with E-state index in [1.165, 1.54) is 12.1 Å². The van der Waals surface area contributed by atoms with E-state index in [-0.39, 0.29) is 30.2 Å². The van der Waals surface area contributed by atoms with Gasteiger partial charge >= 0.3 is 5.97 Å². The summed E-state index contributed by atoms with van der Waals surface area (Å²) in [5, 5.41) is 13.3. The number of benzene rings is 3. The lowest BCUT2D eigenvalue weighted by atomic mass is 9.87. The van der Waals surface area contributed by atoms with Crippen molar-refractivity contribution in [2.45, 2.75) is 44.2 Å². The minimum atomic E-state index is -0.933. The van der Waals surface area contributed by atoms with Crippen molar-refractivity contribution in [3.05, 3.63) is 107 Å². The van der Waals surface area contributed by atoms with Crippen molar-refractivity contribution < 1.29 is 19.1 Å². The standard InChI is InChI=1S/C29H27FN2O3/c30-21-11-13-26-24(15-21)25-16-22(12-14-27(25)32(26)18-29(34)35)31-28(33)17-23(19-7-3-1-4-8-19)20-9-5-2-6-10-20/h1-11,13,15,22-23H,12,14,16-18H2,(H,31,33)(H,34,35). The summed E-state index contributed by atoms with van der Waals surface area (Å²) in [6.07, 6.45) is 2.21. The predicted octanol–water partition coefficient (Wildman–Crippen LogP) is 5.06. The number of nitrogens with one attached hydrogen (secondary N) is 1. The topological polar surface area (TPSA) is 71.3 Å². The van der Waals surface area contributed by atoms with Gasteiger partial charge in [0.05, 0.1) is 0 Å². The Kier molecular flexibility index (Phi) is 6.36. The molecule has 2 N–H and O–H groups in total. The number of halogens is 1. The lowest BCUT2D eigenvalue weighted by molar-refractivity contribution is -0.137. The molecule has 5 nitrogen and oxygen atoms in total. The molecule has 1 aliphatic carbocycles. The van der Waals surface area contributed by atoms with Gasteiger partial charge in [0.1, 0.15) is 12.4 Å². The number of hydrogen-bond acceptors (Lipinski definition) is 2. The number of carbonyl (C=O) groups is 2. The number of aliphatic carboxylic acids is 1. The molecule has 1 aliphatic rings. The van der Waals surface area contributed by atoms with E-state index in [1.54, 1.807) is 10.6 Å². The Bertz CT molecular complexity index is 1330. The third-order valence-corrected chi connectivity index (χ3v) is 6.88. The summed E-state index contributed by atoms with van der Waals surface area (Å²) < 4.78 is 15.8. The Morgan fingerprint density at radius 1 is 1.00 bits per heavy atom. The molecule has 5 rings (SSSR count). The first-order valence-corrected chi connectivity index (χ1v) is 11.9. The van der Waals surface area contributed by atoms with Crippen LogP contribution >= 0.6 is 0 Å². The molecular weight excluding hydrogens is 443 g/mol. The Hall–Kier alpha value is -3.93.